The number of carbonyl (C=O) groups excluding carboxylic acids is 1. The van der Waals surface area contributed by atoms with E-state index in [9.17, 15) is 13.2 Å². The van der Waals surface area contributed by atoms with Crippen molar-refractivity contribution in [2.45, 2.75) is 18.4 Å². The van der Waals surface area contributed by atoms with Crippen LogP contribution in [0.1, 0.15) is 21.5 Å². The van der Waals surface area contributed by atoms with Gasteiger partial charge in [-0.1, -0.05) is 42.5 Å². The lowest BCUT2D eigenvalue weighted by Gasteiger charge is -2.19. The van der Waals surface area contributed by atoms with Crippen molar-refractivity contribution >= 4 is 21.6 Å². The molecule has 0 aliphatic carbocycles. The smallest absolute Gasteiger partial charge is 0.261 e. The SMILES string of the molecule is Cc1ccccc1CN(C)C(=O)c1ccc(NS(=O)(=O)c2ccccc2)cc1. The lowest BCUT2D eigenvalue weighted by atomic mass is 10.1. The summed E-state index contributed by atoms with van der Waals surface area (Å²) in [4.78, 5) is 14.5. The summed E-state index contributed by atoms with van der Waals surface area (Å²) < 4.78 is 27.3. The highest BCUT2D eigenvalue weighted by molar-refractivity contribution is 7.92. The van der Waals surface area contributed by atoms with Gasteiger partial charge in [0.1, 0.15) is 0 Å². The third-order valence-electron chi connectivity index (χ3n) is 4.45. The van der Waals surface area contributed by atoms with Crippen LogP contribution in [0.4, 0.5) is 5.69 Å². The Morgan fingerprint density at radius 3 is 2.14 bits per heavy atom. The molecule has 0 aromatic heterocycles. The summed E-state index contributed by atoms with van der Waals surface area (Å²) in [5.74, 6) is -0.124. The summed E-state index contributed by atoms with van der Waals surface area (Å²) in [6.45, 7) is 2.52. The van der Waals surface area contributed by atoms with Gasteiger partial charge in [0, 0.05) is 24.8 Å². The zero-order valence-corrected chi connectivity index (χ0v) is 16.6. The Balaban J connectivity index is 1.70. The number of amides is 1. The molecule has 0 atom stereocenters. The summed E-state index contributed by atoms with van der Waals surface area (Å²) in [6.07, 6.45) is 0. The zero-order chi connectivity index (χ0) is 20.1. The van der Waals surface area contributed by atoms with E-state index in [1.807, 2.05) is 31.2 Å². The minimum absolute atomic E-state index is 0.124. The number of carbonyl (C=O) groups is 1. The molecule has 5 nitrogen and oxygen atoms in total. The van der Waals surface area contributed by atoms with Gasteiger partial charge < -0.3 is 4.90 Å². The first-order chi connectivity index (χ1) is 13.4. The van der Waals surface area contributed by atoms with E-state index in [1.54, 1.807) is 54.4 Å². The Bertz CT molecular complexity index is 1060. The lowest BCUT2D eigenvalue weighted by Crippen LogP contribution is -2.26. The maximum atomic E-state index is 12.7. The van der Waals surface area contributed by atoms with Gasteiger partial charge in [-0.05, 0) is 54.4 Å². The van der Waals surface area contributed by atoms with Gasteiger partial charge in [-0.2, -0.15) is 0 Å². The minimum atomic E-state index is -3.65. The summed E-state index contributed by atoms with van der Waals surface area (Å²) >= 11 is 0. The highest BCUT2D eigenvalue weighted by Gasteiger charge is 2.15. The van der Waals surface area contributed by atoms with E-state index in [0.717, 1.165) is 11.1 Å². The van der Waals surface area contributed by atoms with Crippen LogP contribution in [-0.2, 0) is 16.6 Å². The van der Waals surface area contributed by atoms with Crippen LogP contribution in [0.2, 0.25) is 0 Å². The van der Waals surface area contributed by atoms with Gasteiger partial charge in [0.2, 0.25) is 0 Å². The van der Waals surface area contributed by atoms with E-state index < -0.39 is 10.0 Å². The fraction of sp³-hybridized carbons (Fsp3) is 0.136. The molecule has 0 spiro atoms. The van der Waals surface area contributed by atoms with E-state index in [1.165, 1.54) is 12.1 Å². The van der Waals surface area contributed by atoms with Crippen molar-refractivity contribution < 1.29 is 13.2 Å². The largest absolute Gasteiger partial charge is 0.337 e. The molecule has 3 rings (SSSR count). The Morgan fingerprint density at radius 1 is 0.893 bits per heavy atom. The van der Waals surface area contributed by atoms with Crippen molar-refractivity contribution in [3.8, 4) is 0 Å². The van der Waals surface area contributed by atoms with Gasteiger partial charge in [-0.3, -0.25) is 9.52 Å². The second kappa shape index (κ2) is 8.27. The van der Waals surface area contributed by atoms with Gasteiger partial charge in [0.05, 0.1) is 4.90 Å². The number of rotatable bonds is 6. The molecule has 6 heteroatoms. The standard InChI is InChI=1S/C22H22N2O3S/c1-17-8-6-7-9-19(17)16-24(2)22(25)18-12-14-20(15-13-18)23-28(26,27)21-10-4-3-5-11-21/h3-15,23H,16H2,1-2H3. The average molecular weight is 394 g/mol. The second-order valence-electron chi connectivity index (χ2n) is 6.58. The van der Waals surface area contributed by atoms with Crippen molar-refractivity contribution in [2.75, 3.05) is 11.8 Å². The highest BCUT2D eigenvalue weighted by Crippen LogP contribution is 2.18. The van der Waals surface area contributed by atoms with E-state index >= 15 is 0 Å². The molecule has 3 aromatic rings. The quantitative estimate of drug-likeness (QED) is 0.685. The predicted molar refractivity (Wildman–Crippen MR) is 111 cm³/mol. The molecule has 0 saturated heterocycles. The van der Waals surface area contributed by atoms with E-state index in [0.29, 0.717) is 17.8 Å². The third-order valence-corrected chi connectivity index (χ3v) is 5.85. The third kappa shape index (κ3) is 4.58. The number of aryl methyl sites for hydroxylation is 1. The first-order valence-electron chi connectivity index (χ1n) is 8.85. The van der Waals surface area contributed by atoms with E-state index in [-0.39, 0.29) is 10.8 Å². The molecule has 0 heterocycles. The van der Waals surface area contributed by atoms with Gasteiger partial charge >= 0.3 is 0 Å². The molecule has 0 aliphatic rings. The topological polar surface area (TPSA) is 66.5 Å². The number of hydrogen-bond donors (Lipinski definition) is 1. The van der Waals surface area contributed by atoms with Gasteiger partial charge in [-0.15, -0.1) is 0 Å². The van der Waals surface area contributed by atoms with E-state index in [4.69, 9.17) is 0 Å². The average Bonchev–Trinajstić information content (AvgIpc) is 2.70. The minimum Gasteiger partial charge on any atom is -0.337 e. The molecular formula is C22H22N2O3S. The van der Waals surface area contributed by atoms with Crippen LogP contribution in [0.25, 0.3) is 0 Å². The number of nitrogens with zero attached hydrogens (tertiary/aromatic N) is 1. The van der Waals surface area contributed by atoms with Crippen LogP contribution >= 0.6 is 0 Å². The molecule has 1 amide bonds. The molecule has 0 fully saturated rings. The maximum absolute atomic E-state index is 12.7. The van der Waals surface area contributed by atoms with Crippen molar-refractivity contribution in [3.05, 3.63) is 95.6 Å². The Morgan fingerprint density at radius 2 is 1.50 bits per heavy atom. The van der Waals surface area contributed by atoms with Crippen LogP contribution < -0.4 is 4.72 Å². The summed E-state index contributed by atoms with van der Waals surface area (Å²) in [7, 11) is -1.90. The molecule has 0 saturated carbocycles. The number of nitrogens with one attached hydrogen (secondary N) is 1. The molecule has 0 unspecified atom stereocenters. The number of sulfonamides is 1. The molecule has 1 N–H and O–H groups in total. The molecule has 0 aliphatic heterocycles. The normalized spacial score (nSPS) is 11.1. The summed E-state index contributed by atoms with van der Waals surface area (Å²) in [5.41, 5.74) is 3.12. The van der Waals surface area contributed by atoms with Crippen molar-refractivity contribution in [1.29, 1.82) is 0 Å². The fourth-order valence-electron chi connectivity index (χ4n) is 2.83. The van der Waals surface area contributed by atoms with Crippen molar-refractivity contribution in [2.24, 2.45) is 0 Å². The Hall–Kier alpha value is -3.12. The van der Waals surface area contributed by atoms with Gasteiger partial charge in [0.25, 0.3) is 15.9 Å². The molecule has 144 valence electrons. The Labute approximate surface area is 165 Å². The van der Waals surface area contributed by atoms with Crippen LogP contribution in [0.15, 0.2) is 83.8 Å². The first kappa shape index (κ1) is 19.6. The number of benzene rings is 3. The monoisotopic (exact) mass is 394 g/mol. The molecule has 0 bridgehead atoms. The molecular weight excluding hydrogens is 372 g/mol. The first-order valence-corrected chi connectivity index (χ1v) is 10.3. The highest BCUT2D eigenvalue weighted by atomic mass is 32.2. The number of hydrogen-bond acceptors (Lipinski definition) is 3. The maximum Gasteiger partial charge on any atom is 0.261 e. The second-order valence-corrected chi connectivity index (χ2v) is 8.27. The Kier molecular flexibility index (Phi) is 5.80. The zero-order valence-electron chi connectivity index (χ0n) is 15.8. The molecule has 3 aromatic carbocycles. The van der Waals surface area contributed by atoms with Gasteiger partial charge in [0.15, 0.2) is 0 Å². The van der Waals surface area contributed by atoms with Crippen LogP contribution in [0.3, 0.4) is 0 Å². The van der Waals surface area contributed by atoms with Crippen LogP contribution in [-0.4, -0.2) is 26.3 Å². The van der Waals surface area contributed by atoms with Crippen molar-refractivity contribution in [3.63, 3.8) is 0 Å². The molecule has 28 heavy (non-hydrogen) atoms. The lowest BCUT2D eigenvalue weighted by molar-refractivity contribution is 0.0785. The number of anilines is 1. The fourth-order valence-corrected chi connectivity index (χ4v) is 3.91. The van der Waals surface area contributed by atoms with Crippen LogP contribution in [0.5, 0.6) is 0 Å². The predicted octanol–water partition coefficient (Wildman–Crippen LogP) is 4.07. The van der Waals surface area contributed by atoms with E-state index in [2.05, 4.69) is 4.72 Å². The van der Waals surface area contributed by atoms with Crippen LogP contribution in [0, 0.1) is 6.92 Å². The van der Waals surface area contributed by atoms with Crippen molar-refractivity contribution in [1.82, 2.24) is 4.90 Å². The summed E-state index contributed by atoms with van der Waals surface area (Å²) in [6, 6.07) is 22.5. The van der Waals surface area contributed by atoms with Gasteiger partial charge in [-0.25, -0.2) is 8.42 Å². The molecule has 0 radical (unpaired) electrons. The summed E-state index contributed by atoms with van der Waals surface area (Å²) in [5, 5.41) is 0.